The molecule has 0 unspecified atom stereocenters. The molecule has 4 saturated carbocycles. The van der Waals surface area contributed by atoms with Crippen LogP contribution in [0.5, 0.6) is 5.75 Å². The number of hydrogen-bond acceptors (Lipinski definition) is 5. The molecule has 1 aromatic rings. The van der Waals surface area contributed by atoms with Gasteiger partial charge >= 0.3 is 5.97 Å². The smallest absolute Gasteiger partial charge is 0.328 e. The summed E-state index contributed by atoms with van der Waals surface area (Å²) in [6, 6.07) is 8.10. The molecule has 7 heteroatoms. The Balaban J connectivity index is 1.17. The van der Waals surface area contributed by atoms with Crippen LogP contribution in [-0.4, -0.2) is 42.6 Å². The van der Waals surface area contributed by atoms with E-state index >= 15 is 0 Å². The Morgan fingerprint density at radius 2 is 1.57 bits per heavy atom. The summed E-state index contributed by atoms with van der Waals surface area (Å²) in [5.74, 6) is 1.44. The Labute approximate surface area is 176 Å². The maximum absolute atomic E-state index is 12.4. The molecule has 1 aromatic carbocycles. The molecule has 30 heavy (non-hydrogen) atoms. The maximum Gasteiger partial charge on any atom is 0.328 e. The summed E-state index contributed by atoms with van der Waals surface area (Å²) >= 11 is 0. The van der Waals surface area contributed by atoms with E-state index in [0.717, 1.165) is 37.0 Å². The van der Waals surface area contributed by atoms with E-state index in [4.69, 9.17) is 9.47 Å². The fourth-order valence-electron chi connectivity index (χ4n) is 5.86. The molecular weight excluding hydrogens is 384 g/mol. The number of para-hydroxylation sites is 1. The molecule has 4 aliphatic rings. The van der Waals surface area contributed by atoms with E-state index < -0.39 is 17.9 Å². The Morgan fingerprint density at radius 3 is 2.17 bits per heavy atom. The van der Waals surface area contributed by atoms with Gasteiger partial charge in [0.15, 0.2) is 13.2 Å². The summed E-state index contributed by atoms with van der Waals surface area (Å²) in [5, 5.41) is 5.70. The second kappa shape index (κ2) is 8.66. The lowest BCUT2D eigenvalue weighted by Crippen LogP contribution is -2.60. The molecule has 0 heterocycles. The van der Waals surface area contributed by atoms with Gasteiger partial charge < -0.3 is 20.1 Å². The summed E-state index contributed by atoms with van der Waals surface area (Å²) in [6.45, 7) is 1.01. The first-order chi connectivity index (χ1) is 14.4. The number of esters is 1. The second-order valence-corrected chi connectivity index (χ2v) is 9.24. The zero-order valence-electron chi connectivity index (χ0n) is 17.4. The van der Waals surface area contributed by atoms with Crippen molar-refractivity contribution in [2.45, 2.75) is 57.0 Å². The lowest BCUT2D eigenvalue weighted by molar-refractivity contribution is -0.152. The van der Waals surface area contributed by atoms with E-state index in [1.165, 1.54) is 26.2 Å². The van der Waals surface area contributed by atoms with Gasteiger partial charge in [0, 0.05) is 5.54 Å². The van der Waals surface area contributed by atoms with E-state index in [9.17, 15) is 14.4 Å². The third kappa shape index (κ3) is 4.94. The summed E-state index contributed by atoms with van der Waals surface area (Å²) in [4.78, 5) is 36.6. The SMILES string of the molecule is C[C@H](NC(=O)COc1ccccc1)C(=O)OCC(=O)NC12CC3CC(CC(C3)C1)C2. The lowest BCUT2D eigenvalue weighted by atomic mass is 9.53. The molecule has 0 radical (unpaired) electrons. The van der Waals surface area contributed by atoms with Crippen molar-refractivity contribution in [2.24, 2.45) is 17.8 Å². The Morgan fingerprint density at radius 1 is 0.967 bits per heavy atom. The average Bonchev–Trinajstić information content (AvgIpc) is 2.70. The van der Waals surface area contributed by atoms with Gasteiger partial charge in [-0.2, -0.15) is 0 Å². The van der Waals surface area contributed by atoms with Crippen molar-refractivity contribution in [1.82, 2.24) is 10.6 Å². The molecule has 162 valence electrons. The number of nitrogens with one attached hydrogen (secondary N) is 2. The quantitative estimate of drug-likeness (QED) is 0.636. The van der Waals surface area contributed by atoms with Crippen LogP contribution in [-0.2, 0) is 19.1 Å². The van der Waals surface area contributed by atoms with E-state index in [1.807, 2.05) is 18.2 Å². The first-order valence-corrected chi connectivity index (χ1v) is 10.9. The van der Waals surface area contributed by atoms with Crippen LogP contribution < -0.4 is 15.4 Å². The minimum atomic E-state index is -0.857. The number of rotatable bonds is 8. The van der Waals surface area contributed by atoms with Gasteiger partial charge in [-0.15, -0.1) is 0 Å². The van der Waals surface area contributed by atoms with Crippen LogP contribution in [0.1, 0.15) is 45.4 Å². The molecule has 5 rings (SSSR count). The number of benzene rings is 1. The van der Waals surface area contributed by atoms with Gasteiger partial charge in [-0.3, -0.25) is 9.59 Å². The van der Waals surface area contributed by atoms with Crippen LogP contribution in [0.25, 0.3) is 0 Å². The average molecular weight is 415 g/mol. The molecular formula is C23H30N2O5. The predicted octanol–water partition coefficient (Wildman–Crippen LogP) is 2.20. The van der Waals surface area contributed by atoms with Crippen LogP contribution in [0.4, 0.5) is 0 Å². The van der Waals surface area contributed by atoms with Gasteiger partial charge in [0.25, 0.3) is 11.8 Å². The van der Waals surface area contributed by atoms with E-state index in [2.05, 4.69) is 10.6 Å². The maximum atomic E-state index is 12.4. The topological polar surface area (TPSA) is 93.7 Å². The first kappa shape index (κ1) is 20.7. The molecule has 0 aromatic heterocycles. The zero-order valence-corrected chi connectivity index (χ0v) is 17.4. The van der Waals surface area contributed by atoms with Crippen LogP contribution in [0.3, 0.4) is 0 Å². The zero-order chi connectivity index (χ0) is 21.1. The highest BCUT2D eigenvalue weighted by Crippen LogP contribution is 2.55. The van der Waals surface area contributed by atoms with Crippen LogP contribution in [0, 0.1) is 17.8 Å². The standard InChI is InChI=1S/C23H30N2O5/c1-15(24-20(26)13-29-19-5-3-2-4-6-19)22(28)30-14-21(27)25-23-10-16-7-17(11-23)9-18(8-16)12-23/h2-6,15-18H,7-14H2,1H3,(H,24,26)(H,25,27)/t15-,16?,17?,18?,23?/m0/s1. The number of carbonyl (C=O) groups excluding carboxylic acids is 3. The minimum Gasteiger partial charge on any atom is -0.484 e. The molecule has 4 fully saturated rings. The summed E-state index contributed by atoms with van der Waals surface area (Å²) in [6.07, 6.45) is 7.05. The highest BCUT2D eigenvalue weighted by molar-refractivity contribution is 5.86. The highest BCUT2D eigenvalue weighted by atomic mass is 16.5. The van der Waals surface area contributed by atoms with E-state index in [1.54, 1.807) is 12.1 Å². The number of hydrogen-bond donors (Lipinski definition) is 2. The van der Waals surface area contributed by atoms with Crippen molar-refractivity contribution in [3.63, 3.8) is 0 Å². The number of amides is 2. The molecule has 1 atom stereocenters. The molecule has 2 amide bonds. The van der Waals surface area contributed by atoms with Crippen molar-refractivity contribution >= 4 is 17.8 Å². The highest BCUT2D eigenvalue weighted by Gasteiger charge is 2.51. The van der Waals surface area contributed by atoms with Crippen molar-refractivity contribution in [2.75, 3.05) is 13.2 Å². The fourth-order valence-corrected chi connectivity index (χ4v) is 5.86. The van der Waals surface area contributed by atoms with Gasteiger partial charge in [0.1, 0.15) is 11.8 Å². The fraction of sp³-hybridized carbons (Fsp3) is 0.609. The van der Waals surface area contributed by atoms with Gasteiger partial charge in [0.05, 0.1) is 0 Å². The number of carbonyl (C=O) groups is 3. The third-order valence-corrected chi connectivity index (χ3v) is 6.63. The van der Waals surface area contributed by atoms with E-state index in [0.29, 0.717) is 5.75 Å². The first-order valence-electron chi connectivity index (χ1n) is 10.9. The Hall–Kier alpha value is -2.57. The normalized spacial score (nSPS) is 29.7. The second-order valence-electron chi connectivity index (χ2n) is 9.24. The summed E-state index contributed by atoms with van der Waals surface area (Å²) in [7, 11) is 0. The summed E-state index contributed by atoms with van der Waals surface area (Å²) < 4.78 is 10.5. The van der Waals surface area contributed by atoms with Gasteiger partial charge in [-0.1, -0.05) is 18.2 Å². The molecule has 0 spiro atoms. The molecule has 7 nitrogen and oxygen atoms in total. The van der Waals surface area contributed by atoms with Crippen LogP contribution in [0.15, 0.2) is 30.3 Å². The molecule has 0 saturated heterocycles. The van der Waals surface area contributed by atoms with Crippen molar-refractivity contribution in [3.8, 4) is 5.75 Å². The van der Waals surface area contributed by atoms with E-state index in [-0.39, 0.29) is 24.7 Å². The Bertz CT molecular complexity index is 759. The minimum absolute atomic E-state index is 0.104. The Kier molecular flexibility index (Phi) is 5.97. The molecule has 4 bridgehead atoms. The third-order valence-electron chi connectivity index (χ3n) is 6.63. The lowest BCUT2D eigenvalue weighted by Gasteiger charge is -2.56. The summed E-state index contributed by atoms with van der Waals surface area (Å²) in [5.41, 5.74) is -0.104. The van der Waals surface area contributed by atoms with Crippen LogP contribution >= 0.6 is 0 Å². The van der Waals surface area contributed by atoms with Gasteiger partial charge in [-0.05, 0) is 75.3 Å². The molecule has 0 aliphatic heterocycles. The predicted molar refractivity (Wildman–Crippen MR) is 110 cm³/mol. The monoisotopic (exact) mass is 414 g/mol. The van der Waals surface area contributed by atoms with Crippen molar-refractivity contribution in [1.29, 1.82) is 0 Å². The van der Waals surface area contributed by atoms with Gasteiger partial charge in [0.2, 0.25) is 0 Å². The largest absolute Gasteiger partial charge is 0.484 e. The van der Waals surface area contributed by atoms with Crippen molar-refractivity contribution < 1.29 is 23.9 Å². The molecule has 4 aliphatic carbocycles. The van der Waals surface area contributed by atoms with Crippen LogP contribution in [0.2, 0.25) is 0 Å². The van der Waals surface area contributed by atoms with Gasteiger partial charge in [-0.25, -0.2) is 4.79 Å². The number of ether oxygens (including phenoxy) is 2. The molecule has 2 N–H and O–H groups in total. The van der Waals surface area contributed by atoms with Crippen molar-refractivity contribution in [3.05, 3.63) is 30.3 Å².